The summed E-state index contributed by atoms with van der Waals surface area (Å²) in [6.45, 7) is 3.97. The minimum absolute atomic E-state index is 0.143. The molecular weight excluding hydrogens is 542 g/mol. The SMILES string of the molecule is C=CCN1C(=O)N/C(=C/c2cc(I)c(OCc3ccc(Cl)c(Cl)c3)c(OC)c2)C1=O. The van der Waals surface area contributed by atoms with Crippen LogP contribution in [0.1, 0.15) is 11.1 Å². The van der Waals surface area contributed by atoms with Gasteiger partial charge in [-0.05, 0) is 64.1 Å². The molecule has 0 aromatic heterocycles. The number of carbonyl (C=O) groups excluding carboxylic acids is 2. The van der Waals surface area contributed by atoms with Gasteiger partial charge in [0.1, 0.15) is 12.3 Å². The second-order valence-corrected chi connectivity index (χ2v) is 8.24. The number of methoxy groups -OCH3 is 1. The molecule has 0 unspecified atom stereocenters. The highest BCUT2D eigenvalue weighted by Gasteiger charge is 2.32. The number of nitrogens with zero attached hydrogens (tertiary/aromatic N) is 1. The highest BCUT2D eigenvalue weighted by Crippen LogP contribution is 2.35. The number of benzene rings is 2. The van der Waals surface area contributed by atoms with Gasteiger partial charge in [-0.1, -0.05) is 35.3 Å². The predicted octanol–water partition coefficient (Wildman–Crippen LogP) is 5.26. The van der Waals surface area contributed by atoms with Crippen molar-refractivity contribution in [3.63, 3.8) is 0 Å². The second kappa shape index (κ2) is 9.72. The predicted molar refractivity (Wildman–Crippen MR) is 125 cm³/mol. The fourth-order valence-electron chi connectivity index (χ4n) is 2.78. The van der Waals surface area contributed by atoms with E-state index in [0.717, 1.165) is 14.0 Å². The minimum Gasteiger partial charge on any atom is -0.493 e. The van der Waals surface area contributed by atoms with E-state index in [1.807, 2.05) is 12.1 Å². The van der Waals surface area contributed by atoms with Gasteiger partial charge < -0.3 is 14.8 Å². The summed E-state index contributed by atoms with van der Waals surface area (Å²) in [5, 5.41) is 3.50. The van der Waals surface area contributed by atoms with Crippen LogP contribution in [0.5, 0.6) is 11.5 Å². The number of rotatable bonds is 7. The summed E-state index contributed by atoms with van der Waals surface area (Å²) in [4.78, 5) is 25.4. The van der Waals surface area contributed by atoms with Crippen molar-refractivity contribution in [1.29, 1.82) is 0 Å². The molecule has 156 valence electrons. The lowest BCUT2D eigenvalue weighted by molar-refractivity contribution is -0.122. The highest BCUT2D eigenvalue weighted by molar-refractivity contribution is 14.1. The molecule has 0 aliphatic carbocycles. The Morgan fingerprint density at radius 1 is 1.20 bits per heavy atom. The van der Waals surface area contributed by atoms with Gasteiger partial charge in [0.2, 0.25) is 0 Å². The maximum Gasteiger partial charge on any atom is 0.329 e. The Labute approximate surface area is 197 Å². The highest BCUT2D eigenvalue weighted by atomic mass is 127. The van der Waals surface area contributed by atoms with Crippen LogP contribution in [0.25, 0.3) is 6.08 Å². The molecule has 6 nitrogen and oxygen atoms in total. The van der Waals surface area contributed by atoms with Crippen molar-refractivity contribution in [2.75, 3.05) is 13.7 Å². The zero-order valence-corrected chi connectivity index (χ0v) is 19.5. The first-order valence-electron chi connectivity index (χ1n) is 8.73. The summed E-state index contributed by atoms with van der Waals surface area (Å²) in [5.41, 5.74) is 1.72. The van der Waals surface area contributed by atoms with Gasteiger partial charge in [0.15, 0.2) is 11.5 Å². The third-order valence-corrected chi connectivity index (χ3v) is 5.74. The molecule has 9 heteroatoms. The Bertz CT molecular complexity index is 1060. The average Bonchev–Trinajstić information content (AvgIpc) is 2.97. The van der Waals surface area contributed by atoms with Crippen LogP contribution in [0.2, 0.25) is 10.0 Å². The van der Waals surface area contributed by atoms with Crippen molar-refractivity contribution in [1.82, 2.24) is 10.2 Å². The molecule has 3 rings (SSSR count). The first-order valence-corrected chi connectivity index (χ1v) is 10.6. The molecule has 0 atom stereocenters. The molecule has 1 fully saturated rings. The molecule has 0 saturated carbocycles. The van der Waals surface area contributed by atoms with Crippen molar-refractivity contribution < 1.29 is 19.1 Å². The largest absolute Gasteiger partial charge is 0.493 e. The van der Waals surface area contributed by atoms with Gasteiger partial charge in [-0.25, -0.2) is 4.79 Å². The van der Waals surface area contributed by atoms with E-state index in [0.29, 0.717) is 27.1 Å². The van der Waals surface area contributed by atoms with Crippen molar-refractivity contribution in [2.24, 2.45) is 0 Å². The summed E-state index contributed by atoms with van der Waals surface area (Å²) >= 11 is 14.1. The van der Waals surface area contributed by atoms with E-state index in [1.165, 1.54) is 13.2 Å². The zero-order valence-electron chi connectivity index (χ0n) is 15.9. The van der Waals surface area contributed by atoms with Gasteiger partial charge in [-0.2, -0.15) is 0 Å². The van der Waals surface area contributed by atoms with E-state index in [4.69, 9.17) is 32.7 Å². The molecule has 30 heavy (non-hydrogen) atoms. The van der Waals surface area contributed by atoms with Crippen LogP contribution in [-0.2, 0) is 11.4 Å². The monoisotopic (exact) mass is 558 g/mol. The Balaban J connectivity index is 1.83. The van der Waals surface area contributed by atoms with E-state index in [-0.39, 0.29) is 18.8 Å². The molecule has 1 aliphatic rings. The summed E-state index contributed by atoms with van der Waals surface area (Å²) in [6, 6.07) is 8.36. The lowest BCUT2D eigenvalue weighted by Crippen LogP contribution is -2.30. The Kier molecular flexibility index (Phi) is 7.27. The number of hydrogen-bond donors (Lipinski definition) is 1. The second-order valence-electron chi connectivity index (χ2n) is 6.26. The summed E-state index contributed by atoms with van der Waals surface area (Å²) in [5.74, 6) is 0.642. The van der Waals surface area contributed by atoms with Crippen LogP contribution in [0.15, 0.2) is 48.7 Å². The number of halogens is 3. The molecule has 2 aromatic rings. The van der Waals surface area contributed by atoms with Gasteiger partial charge in [0.05, 0.1) is 20.7 Å². The summed E-state index contributed by atoms with van der Waals surface area (Å²) in [7, 11) is 1.53. The molecule has 0 radical (unpaired) electrons. The van der Waals surface area contributed by atoms with E-state index in [1.54, 1.807) is 24.3 Å². The molecular formula is C21H17Cl2IN2O4. The van der Waals surface area contributed by atoms with Crippen LogP contribution in [0, 0.1) is 3.57 Å². The van der Waals surface area contributed by atoms with Crippen LogP contribution in [0.3, 0.4) is 0 Å². The van der Waals surface area contributed by atoms with Crippen LogP contribution >= 0.6 is 45.8 Å². The maximum absolute atomic E-state index is 12.4. The van der Waals surface area contributed by atoms with Crippen LogP contribution in [0.4, 0.5) is 4.79 Å². The molecule has 0 bridgehead atoms. The van der Waals surface area contributed by atoms with Crippen molar-refractivity contribution >= 4 is 63.8 Å². The van der Waals surface area contributed by atoms with Gasteiger partial charge in [-0.3, -0.25) is 9.69 Å². The molecule has 1 N–H and O–H groups in total. The first kappa shape index (κ1) is 22.5. The molecule has 1 saturated heterocycles. The standard InChI is InChI=1S/C21H17Cl2IN2O4/c1-3-6-26-20(27)17(25-21(26)28)9-13-8-16(24)19(18(10-13)29-2)30-11-12-4-5-14(22)15(23)7-12/h3-5,7-10H,1,6,11H2,2H3,(H,25,28)/b17-9+. The number of urea groups is 1. The summed E-state index contributed by atoms with van der Waals surface area (Å²) < 4.78 is 12.2. The third-order valence-electron chi connectivity index (χ3n) is 4.20. The Hall–Kier alpha value is -2.23. The van der Waals surface area contributed by atoms with Gasteiger partial charge in [0, 0.05) is 6.54 Å². The van der Waals surface area contributed by atoms with E-state index < -0.39 is 11.9 Å². The number of amides is 3. The lowest BCUT2D eigenvalue weighted by atomic mass is 10.1. The van der Waals surface area contributed by atoms with Gasteiger partial charge in [0.25, 0.3) is 5.91 Å². The van der Waals surface area contributed by atoms with Crippen molar-refractivity contribution in [3.05, 3.63) is 73.4 Å². The summed E-state index contributed by atoms with van der Waals surface area (Å²) in [6.07, 6.45) is 3.09. The Morgan fingerprint density at radius 3 is 2.63 bits per heavy atom. The normalized spacial score (nSPS) is 14.8. The third kappa shape index (κ3) is 4.91. The molecule has 1 heterocycles. The van der Waals surface area contributed by atoms with E-state index in [2.05, 4.69) is 34.5 Å². The van der Waals surface area contributed by atoms with Crippen molar-refractivity contribution in [3.8, 4) is 11.5 Å². The molecule has 1 aliphatic heterocycles. The number of imide groups is 1. The van der Waals surface area contributed by atoms with Gasteiger partial charge >= 0.3 is 6.03 Å². The quantitative estimate of drug-likeness (QED) is 0.218. The van der Waals surface area contributed by atoms with Crippen LogP contribution in [-0.4, -0.2) is 30.5 Å². The topological polar surface area (TPSA) is 67.9 Å². The zero-order chi connectivity index (χ0) is 21.8. The number of nitrogens with one attached hydrogen (secondary N) is 1. The molecule has 2 aromatic carbocycles. The average molecular weight is 559 g/mol. The fraction of sp³-hybridized carbons (Fsp3) is 0.143. The van der Waals surface area contributed by atoms with Gasteiger partial charge in [-0.15, -0.1) is 6.58 Å². The number of hydrogen-bond acceptors (Lipinski definition) is 4. The Morgan fingerprint density at radius 2 is 1.97 bits per heavy atom. The maximum atomic E-state index is 12.4. The lowest BCUT2D eigenvalue weighted by Gasteiger charge is -2.14. The minimum atomic E-state index is -0.477. The van der Waals surface area contributed by atoms with Crippen molar-refractivity contribution in [2.45, 2.75) is 6.61 Å². The first-order chi connectivity index (χ1) is 14.3. The molecule has 0 spiro atoms. The smallest absolute Gasteiger partial charge is 0.329 e. The van der Waals surface area contributed by atoms with Crippen LogP contribution < -0.4 is 14.8 Å². The number of ether oxygens (including phenoxy) is 2. The fourth-order valence-corrected chi connectivity index (χ4v) is 3.88. The van der Waals surface area contributed by atoms with E-state index in [9.17, 15) is 9.59 Å². The molecule has 3 amide bonds. The number of carbonyl (C=O) groups is 2. The van der Waals surface area contributed by atoms with E-state index >= 15 is 0 Å².